The van der Waals surface area contributed by atoms with Gasteiger partial charge < -0.3 is 5.11 Å². The lowest BCUT2D eigenvalue weighted by atomic mass is 10.1. The summed E-state index contributed by atoms with van der Waals surface area (Å²) in [7, 11) is 0. The van der Waals surface area contributed by atoms with E-state index in [9.17, 15) is 27.2 Å². The van der Waals surface area contributed by atoms with Crippen molar-refractivity contribution in [1.82, 2.24) is 0 Å². The third-order valence-electron chi connectivity index (χ3n) is 4.01. The Morgan fingerprint density at radius 1 is 1.00 bits per heavy atom. The van der Waals surface area contributed by atoms with Gasteiger partial charge in [-0.15, -0.1) is 0 Å². The van der Waals surface area contributed by atoms with Crippen LogP contribution in [0.15, 0.2) is 42.5 Å². The number of aromatic carboxylic acids is 1. The summed E-state index contributed by atoms with van der Waals surface area (Å²) >= 11 is 0. The number of rotatable bonds is 3. The molecule has 0 bridgehead atoms. The minimum Gasteiger partial charge on any atom is -0.478 e. The monoisotopic (exact) mass is 368 g/mol. The maximum Gasteiger partial charge on any atom is 0.416 e. The average molecular weight is 368 g/mol. The van der Waals surface area contributed by atoms with E-state index < -0.39 is 35.1 Å². The number of halogens is 4. The molecule has 3 rings (SSSR count). The van der Waals surface area contributed by atoms with Gasteiger partial charge in [-0.2, -0.15) is 13.2 Å². The molecule has 1 aliphatic rings. The number of hydrogen-bond donors (Lipinski definition) is 1. The molecule has 1 N–H and O–H groups in total. The number of urea groups is 1. The van der Waals surface area contributed by atoms with Crippen molar-refractivity contribution in [2.24, 2.45) is 0 Å². The third-order valence-corrected chi connectivity index (χ3v) is 4.01. The molecule has 2 aromatic carbocycles. The number of benzene rings is 2. The molecule has 0 unspecified atom stereocenters. The number of carboxylic acid groups (broad SMARTS) is 1. The van der Waals surface area contributed by atoms with Crippen molar-refractivity contribution in [1.29, 1.82) is 0 Å². The second kappa shape index (κ2) is 6.32. The van der Waals surface area contributed by atoms with E-state index in [0.717, 1.165) is 35.2 Å². The number of alkyl halides is 3. The highest BCUT2D eigenvalue weighted by Gasteiger charge is 2.34. The average Bonchev–Trinajstić information content (AvgIpc) is 2.95. The van der Waals surface area contributed by atoms with E-state index in [0.29, 0.717) is 0 Å². The minimum atomic E-state index is -4.49. The summed E-state index contributed by atoms with van der Waals surface area (Å²) in [4.78, 5) is 25.8. The van der Waals surface area contributed by atoms with Crippen LogP contribution in [0, 0.1) is 5.82 Å². The highest BCUT2D eigenvalue weighted by molar-refractivity contribution is 6.06. The SMILES string of the molecule is O=C(O)c1cccc(N2CCN(c3ccc(C(F)(F)F)cc3)C2=O)c1F. The number of anilines is 2. The molecule has 0 aliphatic carbocycles. The first kappa shape index (κ1) is 17.7. The first-order valence-electron chi connectivity index (χ1n) is 7.48. The number of carboxylic acids is 1. The quantitative estimate of drug-likeness (QED) is 0.834. The van der Waals surface area contributed by atoms with E-state index in [-0.39, 0.29) is 24.5 Å². The molecule has 1 saturated heterocycles. The van der Waals surface area contributed by atoms with Gasteiger partial charge in [0.1, 0.15) is 0 Å². The van der Waals surface area contributed by atoms with Crippen LogP contribution in [0.5, 0.6) is 0 Å². The van der Waals surface area contributed by atoms with Gasteiger partial charge in [0.15, 0.2) is 5.82 Å². The van der Waals surface area contributed by atoms with Crippen LogP contribution >= 0.6 is 0 Å². The van der Waals surface area contributed by atoms with Gasteiger partial charge in [-0.25, -0.2) is 14.0 Å². The first-order valence-corrected chi connectivity index (χ1v) is 7.48. The van der Waals surface area contributed by atoms with Crippen LogP contribution in [0.3, 0.4) is 0 Å². The van der Waals surface area contributed by atoms with Gasteiger partial charge in [-0.3, -0.25) is 9.80 Å². The molecule has 2 aromatic rings. The number of amides is 2. The van der Waals surface area contributed by atoms with Crippen molar-refractivity contribution < 1.29 is 32.3 Å². The third kappa shape index (κ3) is 3.07. The fraction of sp³-hybridized carbons (Fsp3) is 0.176. The normalized spacial score (nSPS) is 14.8. The Morgan fingerprint density at radius 2 is 1.62 bits per heavy atom. The lowest BCUT2D eigenvalue weighted by Gasteiger charge is -2.20. The second-order valence-corrected chi connectivity index (χ2v) is 5.57. The fourth-order valence-electron chi connectivity index (χ4n) is 2.72. The molecule has 1 fully saturated rings. The molecule has 0 saturated carbocycles. The van der Waals surface area contributed by atoms with Crippen LogP contribution in [0.4, 0.5) is 33.7 Å². The van der Waals surface area contributed by atoms with Gasteiger partial charge in [0.2, 0.25) is 0 Å². The Morgan fingerprint density at radius 3 is 2.19 bits per heavy atom. The maximum absolute atomic E-state index is 14.3. The predicted molar refractivity (Wildman–Crippen MR) is 84.9 cm³/mol. The molecule has 0 radical (unpaired) electrons. The van der Waals surface area contributed by atoms with Crippen molar-refractivity contribution in [3.8, 4) is 0 Å². The zero-order valence-electron chi connectivity index (χ0n) is 13.1. The summed E-state index contributed by atoms with van der Waals surface area (Å²) in [6, 6.07) is 7.06. The van der Waals surface area contributed by atoms with E-state index in [4.69, 9.17) is 5.11 Å². The van der Waals surface area contributed by atoms with E-state index in [1.54, 1.807) is 0 Å². The van der Waals surface area contributed by atoms with Crippen molar-refractivity contribution in [3.63, 3.8) is 0 Å². The van der Waals surface area contributed by atoms with Crippen LogP contribution in [0.1, 0.15) is 15.9 Å². The lowest BCUT2D eigenvalue weighted by Crippen LogP contribution is -2.32. The molecule has 1 aliphatic heterocycles. The Bertz CT molecular complexity index is 865. The number of carbonyl (C=O) groups is 2. The minimum absolute atomic E-state index is 0.0693. The van der Waals surface area contributed by atoms with E-state index in [2.05, 4.69) is 0 Å². The Kier molecular flexibility index (Phi) is 4.31. The smallest absolute Gasteiger partial charge is 0.416 e. The molecule has 136 valence electrons. The molecule has 0 atom stereocenters. The zero-order chi connectivity index (χ0) is 19.1. The number of hydrogen-bond acceptors (Lipinski definition) is 2. The second-order valence-electron chi connectivity index (χ2n) is 5.57. The largest absolute Gasteiger partial charge is 0.478 e. The molecular weight excluding hydrogens is 356 g/mol. The molecule has 0 spiro atoms. The highest BCUT2D eigenvalue weighted by atomic mass is 19.4. The Labute approximate surface area is 145 Å². The molecule has 2 amide bonds. The van der Waals surface area contributed by atoms with Gasteiger partial charge in [0, 0.05) is 18.8 Å². The molecule has 0 aromatic heterocycles. The van der Waals surface area contributed by atoms with Crippen LogP contribution in [-0.2, 0) is 6.18 Å². The summed E-state index contributed by atoms with van der Waals surface area (Å²) in [6.07, 6.45) is -4.49. The van der Waals surface area contributed by atoms with E-state index >= 15 is 0 Å². The Balaban J connectivity index is 1.87. The van der Waals surface area contributed by atoms with E-state index in [1.165, 1.54) is 17.0 Å². The van der Waals surface area contributed by atoms with Gasteiger partial charge >= 0.3 is 18.2 Å². The summed E-state index contributed by atoms with van der Waals surface area (Å²) in [6.45, 7) is 0.195. The molecule has 1 heterocycles. The predicted octanol–water partition coefficient (Wildman–Crippen LogP) is 3.99. The first-order chi connectivity index (χ1) is 12.2. The van der Waals surface area contributed by atoms with Crippen molar-refractivity contribution in [2.75, 3.05) is 22.9 Å². The van der Waals surface area contributed by atoms with Crippen LogP contribution in [0.25, 0.3) is 0 Å². The van der Waals surface area contributed by atoms with Crippen molar-refractivity contribution >= 4 is 23.4 Å². The van der Waals surface area contributed by atoms with Crippen LogP contribution in [0.2, 0.25) is 0 Å². The van der Waals surface area contributed by atoms with Gasteiger partial charge in [-0.05, 0) is 36.4 Å². The zero-order valence-corrected chi connectivity index (χ0v) is 13.1. The molecule has 9 heteroatoms. The molecular formula is C17H12F4N2O3. The van der Waals surface area contributed by atoms with E-state index in [1.807, 2.05) is 0 Å². The van der Waals surface area contributed by atoms with Gasteiger partial charge in [-0.1, -0.05) is 6.07 Å². The van der Waals surface area contributed by atoms with Crippen LogP contribution in [-0.4, -0.2) is 30.2 Å². The lowest BCUT2D eigenvalue weighted by molar-refractivity contribution is -0.137. The Hall–Kier alpha value is -3.10. The highest BCUT2D eigenvalue weighted by Crippen LogP contribution is 2.32. The van der Waals surface area contributed by atoms with Crippen molar-refractivity contribution in [2.45, 2.75) is 6.18 Å². The van der Waals surface area contributed by atoms with Crippen LogP contribution < -0.4 is 9.80 Å². The summed E-state index contributed by atoms with van der Waals surface area (Å²) in [5, 5.41) is 8.97. The maximum atomic E-state index is 14.3. The number of nitrogens with zero attached hydrogens (tertiary/aromatic N) is 2. The molecule has 26 heavy (non-hydrogen) atoms. The summed E-state index contributed by atoms with van der Waals surface area (Å²) in [5.74, 6) is -2.50. The van der Waals surface area contributed by atoms with Gasteiger partial charge in [0.25, 0.3) is 0 Å². The number of carbonyl (C=O) groups excluding carboxylic acids is 1. The fourth-order valence-corrected chi connectivity index (χ4v) is 2.72. The topological polar surface area (TPSA) is 60.9 Å². The summed E-state index contributed by atoms with van der Waals surface area (Å²) < 4.78 is 52.2. The van der Waals surface area contributed by atoms with Gasteiger partial charge in [0.05, 0.1) is 16.8 Å². The summed E-state index contributed by atoms with van der Waals surface area (Å²) in [5.41, 5.74) is -1.36. The molecule has 5 nitrogen and oxygen atoms in total. The van der Waals surface area contributed by atoms with Crippen molar-refractivity contribution in [3.05, 3.63) is 59.4 Å². The standard InChI is InChI=1S/C17H12F4N2O3/c18-14-12(15(24)25)2-1-3-13(14)23-9-8-22(16(23)26)11-6-4-10(5-7-11)17(19,20)21/h1-7H,8-9H2,(H,24,25).